The van der Waals surface area contributed by atoms with Crippen molar-refractivity contribution in [2.24, 2.45) is 5.14 Å². The van der Waals surface area contributed by atoms with Crippen LogP contribution >= 0.6 is 0 Å². The molecule has 1 aliphatic rings. The number of aromatic amines is 1. The maximum Gasteiger partial charge on any atom is 0.259 e. The third-order valence-electron chi connectivity index (χ3n) is 5.58. The minimum absolute atomic E-state index is 0.229. The summed E-state index contributed by atoms with van der Waals surface area (Å²) in [4.78, 5) is 26.1. The molecule has 3 aromatic heterocycles. The van der Waals surface area contributed by atoms with Gasteiger partial charge in [0.2, 0.25) is 0 Å². The number of fused-ring (bicyclic) bond motifs is 1. The number of H-pyrrole nitrogens is 1. The summed E-state index contributed by atoms with van der Waals surface area (Å²) in [5.41, 5.74) is 2.71. The Morgan fingerprint density at radius 3 is 2.50 bits per heavy atom. The van der Waals surface area contributed by atoms with E-state index in [4.69, 9.17) is 9.88 Å². The van der Waals surface area contributed by atoms with Crippen LogP contribution in [0.2, 0.25) is 0 Å². The van der Waals surface area contributed by atoms with E-state index in [0.29, 0.717) is 41.1 Å². The molecule has 4 heterocycles. The van der Waals surface area contributed by atoms with Crippen molar-refractivity contribution in [2.45, 2.75) is 5.03 Å². The number of ether oxygens (including phenoxy) is 1. The molecule has 4 aromatic rings. The van der Waals surface area contributed by atoms with E-state index in [9.17, 15) is 13.2 Å². The number of morpholine rings is 1. The Hall–Kier alpha value is -3.80. The van der Waals surface area contributed by atoms with Gasteiger partial charge in [-0.3, -0.25) is 4.79 Å². The van der Waals surface area contributed by atoms with Gasteiger partial charge in [-0.2, -0.15) is 0 Å². The Bertz CT molecular complexity index is 1500. The normalized spacial score (nSPS) is 14.3. The number of aromatic nitrogens is 3. The Morgan fingerprint density at radius 1 is 1.06 bits per heavy atom. The van der Waals surface area contributed by atoms with Gasteiger partial charge in [-0.25, -0.2) is 23.5 Å². The van der Waals surface area contributed by atoms with Crippen LogP contribution in [0.3, 0.4) is 0 Å². The van der Waals surface area contributed by atoms with Gasteiger partial charge in [0.05, 0.1) is 24.3 Å². The summed E-state index contributed by atoms with van der Waals surface area (Å²) in [7, 11) is -3.90. The van der Waals surface area contributed by atoms with Crippen molar-refractivity contribution < 1.29 is 13.2 Å². The van der Waals surface area contributed by atoms with E-state index in [1.807, 2.05) is 24.3 Å². The minimum Gasteiger partial charge on any atom is -0.378 e. The lowest BCUT2D eigenvalue weighted by Gasteiger charge is -2.28. The molecule has 0 unspecified atom stereocenters. The van der Waals surface area contributed by atoms with Crippen molar-refractivity contribution in [2.75, 3.05) is 36.5 Å². The van der Waals surface area contributed by atoms with Crippen LogP contribution in [0.25, 0.3) is 22.0 Å². The average Bonchev–Trinajstić information content (AvgIpc) is 2.84. The number of nitrogens with zero attached hydrogens (tertiary/aromatic N) is 3. The molecule has 0 spiro atoms. The molecule has 5 rings (SSSR count). The Kier molecular flexibility index (Phi) is 5.74. The summed E-state index contributed by atoms with van der Waals surface area (Å²) in [5, 5.41) is 9.26. The van der Waals surface area contributed by atoms with Gasteiger partial charge < -0.3 is 19.9 Å². The van der Waals surface area contributed by atoms with Gasteiger partial charge in [-0.05, 0) is 53.9 Å². The zero-order chi connectivity index (χ0) is 23.7. The second kappa shape index (κ2) is 8.86. The topological polar surface area (TPSA) is 143 Å². The van der Waals surface area contributed by atoms with Gasteiger partial charge in [0.25, 0.3) is 15.6 Å². The van der Waals surface area contributed by atoms with Crippen LogP contribution in [0, 0.1) is 0 Å². The van der Waals surface area contributed by atoms with E-state index >= 15 is 0 Å². The fraction of sp³-hybridized carbons (Fsp3) is 0.174. The zero-order valence-electron chi connectivity index (χ0n) is 18.1. The Labute approximate surface area is 195 Å². The molecule has 1 aromatic carbocycles. The van der Waals surface area contributed by atoms with Gasteiger partial charge >= 0.3 is 0 Å². The number of rotatable bonds is 5. The van der Waals surface area contributed by atoms with Crippen LogP contribution in [0.4, 0.5) is 17.2 Å². The Morgan fingerprint density at radius 2 is 1.82 bits per heavy atom. The molecule has 10 nitrogen and oxygen atoms in total. The number of sulfonamides is 1. The van der Waals surface area contributed by atoms with Crippen LogP contribution in [0.1, 0.15) is 0 Å². The van der Waals surface area contributed by atoms with Crippen LogP contribution in [0.5, 0.6) is 0 Å². The van der Waals surface area contributed by atoms with Gasteiger partial charge in [-0.1, -0.05) is 0 Å². The molecule has 34 heavy (non-hydrogen) atoms. The van der Waals surface area contributed by atoms with Crippen LogP contribution in [-0.2, 0) is 14.8 Å². The standard InChI is InChI=1S/C23H22N6O4S/c24-34(31,32)20-6-1-16(14-26-20)19-13-15-7-8-25-23(30)21(15)22(28-19)27-17-2-4-18(5-3-17)29-9-11-33-12-10-29/h1-8,13-14H,9-12H2,(H,25,30)(H,27,28)(H2,24,31,32). The molecular formula is C23H22N6O4S. The van der Waals surface area contributed by atoms with Crippen LogP contribution in [0.15, 0.2) is 70.7 Å². The van der Waals surface area contributed by atoms with Gasteiger partial charge in [-0.15, -0.1) is 0 Å². The molecule has 174 valence electrons. The predicted octanol–water partition coefficient (Wildman–Crippen LogP) is 2.21. The van der Waals surface area contributed by atoms with E-state index in [2.05, 4.69) is 25.2 Å². The highest BCUT2D eigenvalue weighted by Crippen LogP contribution is 2.28. The number of pyridine rings is 3. The highest BCUT2D eigenvalue weighted by atomic mass is 32.2. The SMILES string of the molecule is NS(=O)(=O)c1ccc(-c2cc3cc[nH]c(=O)c3c(Nc3ccc(N4CCOCC4)cc3)n2)cn1. The highest BCUT2D eigenvalue weighted by Gasteiger charge is 2.15. The molecule has 0 atom stereocenters. The number of hydrogen-bond acceptors (Lipinski definition) is 8. The number of primary sulfonamides is 1. The molecule has 0 saturated carbocycles. The molecule has 1 aliphatic heterocycles. The van der Waals surface area contributed by atoms with Crippen molar-refractivity contribution in [3.63, 3.8) is 0 Å². The van der Waals surface area contributed by atoms with Crippen molar-refractivity contribution in [1.82, 2.24) is 15.0 Å². The average molecular weight is 479 g/mol. The number of anilines is 3. The number of nitrogens with two attached hydrogens (primary N) is 1. The maximum absolute atomic E-state index is 12.6. The summed E-state index contributed by atoms with van der Waals surface area (Å²) in [6, 6.07) is 14.3. The van der Waals surface area contributed by atoms with Crippen molar-refractivity contribution in [3.8, 4) is 11.3 Å². The monoisotopic (exact) mass is 478 g/mol. The van der Waals surface area contributed by atoms with Gasteiger partial charge in [0.1, 0.15) is 5.82 Å². The van der Waals surface area contributed by atoms with E-state index < -0.39 is 10.0 Å². The molecule has 0 amide bonds. The summed E-state index contributed by atoms with van der Waals surface area (Å²) in [6.45, 7) is 3.10. The molecule has 11 heteroatoms. The predicted molar refractivity (Wildman–Crippen MR) is 130 cm³/mol. The minimum atomic E-state index is -3.90. The largest absolute Gasteiger partial charge is 0.378 e. The third kappa shape index (κ3) is 4.49. The van der Waals surface area contributed by atoms with Crippen molar-refractivity contribution in [1.29, 1.82) is 0 Å². The fourth-order valence-corrected chi connectivity index (χ4v) is 4.32. The van der Waals surface area contributed by atoms with Gasteiger partial charge in [0, 0.05) is 42.4 Å². The van der Waals surface area contributed by atoms with Crippen molar-refractivity contribution in [3.05, 3.63) is 71.3 Å². The lowest BCUT2D eigenvalue weighted by atomic mass is 10.1. The highest BCUT2D eigenvalue weighted by molar-refractivity contribution is 7.89. The summed E-state index contributed by atoms with van der Waals surface area (Å²) in [6.07, 6.45) is 2.96. The fourth-order valence-electron chi connectivity index (χ4n) is 3.87. The first-order valence-corrected chi connectivity index (χ1v) is 12.1. The third-order valence-corrected chi connectivity index (χ3v) is 6.41. The first-order chi connectivity index (χ1) is 16.4. The first-order valence-electron chi connectivity index (χ1n) is 10.6. The summed E-state index contributed by atoms with van der Waals surface area (Å²) >= 11 is 0. The molecule has 0 radical (unpaired) electrons. The molecular weight excluding hydrogens is 456 g/mol. The van der Waals surface area contributed by atoms with E-state index in [-0.39, 0.29) is 10.6 Å². The van der Waals surface area contributed by atoms with Gasteiger partial charge in [0.15, 0.2) is 5.03 Å². The smallest absolute Gasteiger partial charge is 0.259 e. The zero-order valence-corrected chi connectivity index (χ0v) is 18.9. The van der Waals surface area contributed by atoms with E-state index in [0.717, 1.165) is 24.5 Å². The quantitative estimate of drug-likeness (QED) is 0.396. The summed E-state index contributed by atoms with van der Waals surface area (Å²) in [5.74, 6) is 0.379. The Balaban J connectivity index is 1.51. The molecule has 1 saturated heterocycles. The molecule has 0 bridgehead atoms. The lowest BCUT2D eigenvalue weighted by molar-refractivity contribution is 0.122. The second-order valence-electron chi connectivity index (χ2n) is 7.83. The lowest BCUT2D eigenvalue weighted by Crippen LogP contribution is -2.36. The van der Waals surface area contributed by atoms with Crippen molar-refractivity contribution >= 4 is 38.0 Å². The molecule has 0 aliphatic carbocycles. The van der Waals surface area contributed by atoms with Crippen LogP contribution in [-0.4, -0.2) is 49.7 Å². The number of benzene rings is 1. The number of nitrogens with one attached hydrogen (secondary N) is 2. The van der Waals surface area contributed by atoms with Crippen LogP contribution < -0.4 is 20.9 Å². The van der Waals surface area contributed by atoms with E-state index in [1.54, 1.807) is 24.4 Å². The molecule has 4 N–H and O–H groups in total. The van der Waals surface area contributed by atoms with E-state index in [1.165, 1.54) is 12.3 Å². The maximum atomic E-state index is 12.6. The number of hydrogen-bond donors (Lipinski definition) is 3. The molecule has 1 fully saturated rings. The first kappa shape index (κ1) is 22.0. The second-order valence-corrected chi connectivity index (χ2v) is 9.34. The summed E-state index contributed by atoms with van der Waals surface area (Å²) < 4.78 is 28.4.